The summed E-state index contributed by atoms with van der Waals surface area (Å²) in [6, 6.07) is 7.00. The molecule has 6 nitrogen and oxygen atoms in total. The average molecular weight is 317 g/mol. The van der Waals surface area contributed by atoms with E-state index >= 15 is 0 Å². The summed E-state index contributed by atoms with van der Waals surface area (Å²) in [6.45, 7) is 4.01. The number of amides is 3. The van der Waals surface area contributed by atoms with E-state index in [0.29, 0.717) is 12.2 Å². The number of rotatable bonds is 5. The Morgan fingerprint density at radius 3 is 2.26 bits per heavy atom. The Bertz CT molecular complexity index is 620. The highest BCUT2D eigenvalue weighted by molar-refractivity contribution is 6.11. The van der Waals surface area contributed by atoms with E-state index in [9.17, 15) is 9.59 Å². The minimum absolute atomic E-state index is 0.179. The second kappa shape index (κ2) is 6.73. The lowest BCUT2D eigenvalue weighted by Crippen LogP contribution is -2.37. The predicted octanol–water partition coefficient (Wildman–Crippen LogP) is 2.27. The Kier molecular flexibility index (Phi) is 4.93. The van der Waals surface area contributed by atoms with Gasteiger partial charge < -0.3 is 9.64 Å². The minimum Gasteiger partial charge on any atom is -0.497 e. The first-order valence-electron chi connectivity index (χ1n) is 7.51. The maximum absolute atomic E-state index is 12.6. The Hall–Kier alpha value is -2.50. The van der Waals surface area contributed by atoms with E-state index in [-0.39, 0.29) is 18.0 Å². The molecule has 3 amide bonds. The molecule has 1 saturated heterocycles. The van der Waals surface area contributed by atoms with Gasteiger partial charge in [-0.1, -0.05) is 12.1 Å². The molecule has 2 rings (SSSR count). The third kappa shape index (κ3) is 3.47. The molecule has 124 valence electrons. The normalized spacial score (nSPS) is 16.7. The highest BCUT2D eigenvalue weighted by Gasteiger charge is 2.42. The van der Waals surface area contributed by atoms with E-state index in [1.54, 1.807) is 18.2 Å². The third-order valence-electron chi connectivity index (χ3n) is 3.56. The van der Waals surface area contributed by atoms with Crippen molar-refractivity contribution < 1.29 is 14.3 Å². The number of hydrogen-bond acceptors (Lipinski definition) is 4. The van der Waals surface area contributed by atoms with E-state index in [0.717, 1.165) is 11.3 Å². The first-order valence-corrected chi connectivity index (χ1v) is 7.51. The number of carbonyl (C=O) groups is 2. The van der Waals surface area contributed by atoms with Crippen molar-refractivity contribution >= 4 is 11.9 Å². The molecule has 0 aliphatic carbocycles. The lowest BCUT2D eigenvalue weighted by Gasteiger charge is -2.20. The van der Waals surface area contributed by atoms with Crippen LogP contribution in [0.4, 0.5) is 4.79 Å². The second-order valence-corrected chi connectivity index (χ2v) is 5.96. The predicted molar refractivity (Wildman–Crippen MR) is 87.7 cm³/mol. The Labute approximate surface area is 136 Å². The molecule has 23 heavy (non-hydrogen) atoms. The summed E-state index contributed by atoms with van der Waals surface area (Å²) in [5.41, 5.74) is 1.33. The van der Waals surface area contributed by atoms with E-state index in [1.807, 2.05) is 52.2 Å². The van der Waals surface area contributed by atoms with Gasteiger partial charge >= 0.3 is 6.03 Å². The average Bonchev–Trinajstić information content (AvgIpc) is 2.71. The highest BCUT2D eigenvalue weighted by Crippen LogP contribution is 2.26. The summed E-state index contributed by atoms with van der Waals surface area (Å²) in [5.74, 6) is 0.498. The summed E-state index contributed by atoms with van der Waals surface area (Å²) in [5, 5.41) is 0. The first kappa shape index (κ1) is 16.9. The van der Waals surface area contributed by atoms with Gasteiger partial charge in [0.25, 0.3) is 5.91 Å². The summed E-state index contributed by atoms with van der Waals surface area (Å²) in [4.78, 5) is 29.7. The summed E-state index contributed by atoms with van der Waals surface area (Å²) >= 11 is 0. The summed E-state index contributed by atoms with van der Waals surface area (Å²) in [6.07, 6.45) is 1.69. The van der Waals surface area contributed by atoms with Crippen LogP contribution in [-0.4, -0.2) is 53.9 Å². The van der Waals surface area contributed by atoms with Crippen LogP contribution in [0.25, 0.3) is 0 Å². The molecule has 0 unspecified atom stereocenters. The van der Waals surface area contributed by atoms with Gasteiger partial charge in [-0.25, -0.2) is 4.79 Å². The van der Waals surface area contributed by atoms with Gasteiger partial charge in [-0.3, -0.25) is 14.6 Å². The monoisotopic (exact) mass is 317 g/mol. The van der Waals surface area contributed by atoms with Gasteiger partial charge in [0.2, 0.25) is 0 Å². The molecule has 1 heterocycles. The maximum atomic E-state index is 12.6. The fraction of sp³-hybridized carbons (Fsp3) is 0.412. The van der Waals surface area contributed by atoms with Crippen molar-refractivity contribution in [2.45, 2.75) is 26.4 Å². The van der Waals surface area contributed by atoms with Crippen molar-refractivity contribution in [2.24, 2.45) is 0 Å². The fourth-order valence-electron chi connectivity index (χ4n) is 2.45. The molecule has 1 aliphatic rings. The van der Waals surface area contributed by atoms with E-state index < -0.39 is 0 Å². The summed E-state index contributed by atoms with van der Waals surface area (Å²) in [7, 11) is 5.26. The zero-order valence-electron chi connectivity index (χ0n) is 14.2. The molecule has 1 fully saturated rings. The van der Waals surface area contributed by atoms with Crippen molar-refractivity contribution in [3.8, 4) is 5.75 Å². The van der Waals surface area contributed by atoms with Crippen LogP contribution in [0.3, 0.4) is 0 Å². The van der Waals surface area contributed by atoms with Crippen LogP contribution in [0.2, 0.25) is 0 Å². The number of nitrogens with zero attached hydrogens (tertiary/aromatic N) is 3. The van der Waals surface area contributed by atoms with Crippen LogP contribution in [-0.2, 0) is 11.3 Å². The quantitative estimate of drug-likeness (QED) is 0.617. The van der Waals surface area contributed by atoms with Gasteiger partial charge in [-0.15, -0.1) is 0 Å². The molecule has 0 saturated carbocycles. The minimum atomic E-state index is -0.283. The molecule has 0 N–H and O–H groups in total. The van der Waals surface area contributed by atoms with Crippen molar-refractivity contribution in [1.82, 2.24) is 14.7 Å². The number of benzene rings is 1. The van der Waals surface area contributed by atoms with E-state index in [2.05, 4.69) is 0 Å². The van der Waals surface area contributed by atoms with Crippen LogP contribution in [0.15, 0.2) is 36.2 Å². The molecule has 0 bridgehead atoms. The number of methoxy groups -OCH3 is 1. The van der Waals surface area contributed by atoms with E-state index in [1.165, 1.54) is 9.80 Å². The van der Waals surface area contributed by atoms with Crippen molar-refractivity contribution in [1.29, 1.82) is 0 Å². The zero-order valence-corrected chi connectivity index (χ0v) is 14.2. The maximum Gasteiger partial charge on any atom is 0.332 e. The molecular weight excluding hydrogens is 294 g/mol. The number of carbonyl (C=O) groups excluding carboxylic acids is 2. The molecule has 1 aliphatic heterocycles. The number of hydrogen-bond donors (Lipinski definition) is 0. The molecule has 6 heteroatoms. The number of imide groups is 1. The standard InChI is InChI=1S/C17H23N3O3/c1-12(2)20-16(21)15(11-18(3)4)19(17(20)22)10-13-6-8-14(23-5)9-7-13/h6-9,11-12H,10H2,1-5H3/b15-11-. The number of ether oxygens (including phenoxy) is 1. The van der Waals surface area contributed by atoms with Crippen LogP contribution in [0, 0.1) is 0 Å². The van der Waals surface area contributed by atoms with Crippen LogP contribution in [0.1, 0.15) is 19.4 Å². The lowest BCUT2D eigenvalue weighted by molar-refractivity contribution is -0.124. The van der Waals surface area contributed by atoms with Gasteiger partial charge in [-0.05, 0) is 31.5 Å². The first-order chi connectivity index (χ1) is 10.8. The molecule has 0 atom stereocenters. The topological polar surface area (TPSA) is 53.1 Å². The van der Waals surface area contributed by atoms with Gasteiger partial charge in [0.05, 0.1) is 13.7 Å². The largest absolute Gasteiger partial charge is 0.497 e. The number of urea groups is 1. The molecule has 1 aromatic carbocycles. The molecule has 1 aromatic rings. The fourth-order valence-corrected chi connectivity index (χ4v) is 2.45. The Morgan fingerprint density at radius 2 is 1.78 bits per heavy atom. The van der Waals surface area contributed by atoms with Crippen LogP contribution < -0.4 is 4.74 Å². The highest BCUT2D eigenvalue weighted by atomic mass is 16.5. The molecule has 0 aromatic heterocycles. The molecule has 0 spiro atoms. The van der Waals surface area contributed by atoms with Crippen LogP contribution >= 0.6 is 0 Å². The summed E-state index contributed by atoms with van der Waals surface area (Å²) < 4.78 is 5.14. The van der Waals surface area contributed by atoms with Crippen molar-refractivity contribution in [3.63, 3.8) is 0 Å². The molecule has 0 radical (unpaired) electrons. The van der Waals surface area contributed by atoms with E-state index in [4.69, 9.17) is 4.74 Å². The van der Waals surface area contributed by atoms with Crippen molar-refractivity contribution in [2.75, 3.05) is 21.2 Å². The van der Waals surface area contributed by atoms with Gasteiger partial charge in [-0.2, -0.15) is 0 Å². The molecular formula is C17H23N3O3. The SMILES string of the molecule is COc1ccc(CN2C(=O)N(C(C)C)C(=O)/C2=C/N(C)C)cc1. The second-order valence-electron chi connectivity index (χ2n) is 5.96. The van der Waals surface area contributed by atoms with Gasteiger partial charge in [0.1, 0.15) is 11.4 Å². The zero-order chi connectivity index (χ0) is 17.1. The Balaban J connectivity index is 2.32. The van der Waals surface area contributed by atoms with Crippen LogP contribution in [0.5, 0.6) is 5.75 Å². The Morgan fingerprint density at radius 1 is 1.17 bits per heavy atom. The third-order valence-corrected chi connectivity index (χ3v) is 3.56. The smallest absolute Gasteiger partial charge is 0.332 e. The lowest BCUT2D eigenvalue weighted by atomic mass is 10.2. The van der Waals surface area contributed by atoms with Gasteiger partial charge in [0.15, 0.2) is 0 Å². The van der Waals surface area contributed by atoms with Gasteiger partial charge in [0, 0.05) is 26.3 Å². The van der Waals surface area contributed by atoms with Crippen molar-refractivity contribution in [3.05, 3.63) is 41.7 Å².